The normalized spacial score (nSPS) is 15.7. The van der Waals surface area contributed by atoms with Crippen LogP contribution in [0.2, 0.25) is 0 Å². The molecule has 0 N–H and O–H groups in total. The van der Waals surface area contributed by atoms with Crippen molar-refractivity contribution in [2.75, 3.05) is 20.2 Å². The van der Waals surface area contributed by atoms with Crippen molar-refractivity contribution in [3.63, 3.8) is 0 Å². The van der Waals surface area contributed by atoms with E-state index in [1.807, 2.05) is 0 Å². The van der Waals surface area contributed by atoms with E-state index in [0.717, 1.165) is 12.8 Å². The molecule has 23 heavy (non-hydrogen) atoms. The maximum atomic E-state index is 12.6. The first-order valence-corrected chi connectivity index (χ1v) is 7.49. The smallest absolute Gasteiger partial charge is 0.437 e. The summed E-state index contributed by atoms with van der Waals surface area (Å²) in [5, 5.41) is 7.92. The Morgan fingerprint density at radius 3 is 2.70 bits per heavy atom. The van der Waals surface area contributed by atoms with Crippen LogP contribution in [0.25, 0.3) is 11.0 Å². The van der Waals surface area contributed by atoms with Gasteiger partial charge in [0.25, 0.3) is 0 Å². The largest absolute Gasteiger partial charge is 0.513 e. The summed E-state index contributed by atoms with van der Waals surface area (Å²) >= 11 is 0. The van der Waals surface area contributed by atoms with E-state index in [-0.39, 0.29) is 11.8 Å². The SMILES string of the molecule is COC(=O)Oc1ccc2nnn(C(=O)N3CCC(C)CC3)c2c1. The fourth-order valence-electron chi connectivity index (χ4n) is 2.58. The van der Waals surface area contributed by atoms with E-state index < -0.39 is 6.16 Å². The van der Waals surface area contributed by atoms with Gasteiger partial charge in [-0.3, -0.25) is 0 Å². The molecular formula is C15H18N4O4. The molecule has 2 heterocycles. The highest BCUT2D eigenvalue weighted by molar-refractivity contribution is 5.88. The van der Waals surface area contributed by atoms with Crippen molar-refractivity contribution in [3.8, 4) is 5.75 Å². The van der Waals surface area contributed by atoms with Crippen molar-refractivity contribution in [1.29, 1.82) is 0 Å². The fraction of sp³-hybridized carbons (Fsp3) is 0.467. The first kappa shape index (κ1) is 15.3. The minimum absolute atomic E-state index is 0.213. The molecule has 1 aliphatic heterocycles. The molecular weight excluding hydrogens is 300 g/mol. The van der Waals surface area contributed by atoms with Gasteiger partial charge in [-0.2, -0.15) is 4.68 Å². The van der Waals surface area contributed by atoms with E-state index in [0.29, 0.717) is 30.0 Å². The Morgan fingerprint density at radius 2 is 2.00 bits per heavy atom. The third-order valence-electron chi connectivity index (χ3n) is 4.02. The van der Waals surface area contributed by atoms with Crippen LogP contribution in [0.3, 0.4) is 0 Å². The molecule has 1 aromatic carbocycles. The monoisotopic (exact) mass is 318 g/mol. The lowest BCUT2D eigenvalue weighted by atomic mass is 10.00. The first-order valence-electron chi connectivity index (χ1n) is 7.49. The maximum absolute atomic E-state index is 12.6. The van der Waals surface area contributed by atoms with Gasteiger partial charge in [0.05, 0.1) is 7.11 Å². The molecule has 8 nitrogen and oxygen atoms in total. The Hall–Kier alpha value is -2.64. The highest BCUT2D eigenvalue weighted by Gasteiger charge is 2.24. The number of carbonyl (C=O) groups excluding carboxylic acids is 2. The van der Waals surface area contributed by atoms with Crippen LogP contribution in [-0.4, -0.2) is 52.3 Å². The van der Waals surface area contributed by atoms with E-state index >= 15 is 0 Å². The minimum Gasteiger partial charge on any atom is -0.437 e. The zero-order valence-electron chi connectivity index (χ0n) is 13.1. The van der Waals surface area contributed by atoms with Gasteiger partial charge in [-0.05, 0) is 30.9 Å². The Labute approximate surface area is 132 Å². The number of nitrogens with zero attached hydrogens (tertiary/aromatic N) is 4. The van der Waals surface area contributed by atoms with E-state index in [4.69, 9.17) is 4.74 Å². The van der Waals surface area contributed by atoms with Crippen LogP contribution in [0.5, 0.6) is 5.75 Å². The second kappa shape index (κ2) is 6.23. The highest BCUT2D eigenvalue weighted by Crippen LogP contribution is 2.22. The molecule has 0 spiro atoms. The Kier molecular flexibility index (Phi) is 4.14. The number of likely N-dealkylation sites (tertiary alicyclic amines) is 1. The molecule has 1 aromatic heterocycles. The predicted octanol–water partition coefficient (Wildman–Crippen LogP) is 2.28. The lowest BCUT2D eigenvalue weighted by Crippen LogP contribution is -2.40. The molecule has 0 atom stereocenters. The molecule has 0 unspecified atom stereocenters. The van der Waals surface area contributed by atoms with E-state index in [1.165, 1.54) is 11.8 Å². The fourth-order valence-corrected chi connectivity index (χ4v) is 2.58. The topological polar surface area (TPSA) is 86.5 Å². The van der Waals surface area contributed by atoms with Crippen LogP contribution in [0.4, 0.5) is 9.59 Å². The number of fused-ring (bicyclic) bond motifs is 1. The van der Waals surface area contributed by atoms with Gasteiger partial charge in [0.15, 0.2) is 0 Å². The zero-order chi connectivity index (χ0) is 16.4. The number of ether oxygens (including phenoxy) is 2. The van der Waals surface area contributed by atoms with Gasteiger partial charge >= 0.3 is 12.2 Å². The van der Waals surface area contributed by atoms with Gasteiger partial charge in [-0.25, -0.2) is 9.59 Å². The Balaban J connectivity index is 1.86. The predicted molar refractivity (Wildman–Crippen MR) is 81.3 cm³/mol. The summed E-state index contributed by atoms with van der Waals surface area (Å²) in [5.74, 6) is 0.902. The molecule has 1 amide bonds. The number of hydrogen-bond donors (Lipinski definition) is 0. The van der Waals surface area contributed by atoms with Crippen molar-refractivity contribution in [2.45, 2.75) is 19.8 Å². The third-order valence-corrected chi connectivity index (χ3v) is 4.02. The minimum atomic E-state index is -0.820. The van der Waals surface area contributed by atoms with Gasteiger partial charge in [0.1, 0.15) is 16.8 Å². The van der Waals surface area contributed by atoms with Crippen molar-refractivity contribution < 1.29 is 19.1 Å². The number of amides is 1. The molecule has 0 aliphatic carbocycles. The second-order valence-electron chi connectivity index (χ2n) is 5.66. The molecule has 1 fully saturated rings. The van der Waals surface area contributed by atoms with Gasteiger partial charge in [-0.1, -0.05) is 12.1 Å². The van der Waals surface area contributed by atoms with E-state index in [9.17, 15) is 9.59 Å². The van der Waals surface area contributed by atoms with Crippen LogP contribution in [0.15, 0.2) is 18.2 Å². The summed E-state index contributed by atoms with van der Waals surface area (Å²) in [5.41, 5.74) is 1.05. The van der Waals surface area contributed by atoms with Crippen LogP contribution in [0, 0.1) is 5.92 Å². The molecule has 8 heteroatoms. The number of rotatable bonds is 1. The summed E-state index contributed by atoms with van der Waals surface area (Å²) in [6, 6.07) is 4.56. The van der Waals surface area contributed by atoms with E-state index in [2.05, 4.69) is 22.0 Å². The van der Waals surface area contributed by atoms with E-state index in [1.54, 1.807) is 23.1 Å². The lowest BCUT2D eigenvalue weighted by molar-refractivity contribution is 0.121. The molecule has 0 saturated carbocycles. The summed E-state index contributed by atoms with van der Waals surface area (Å²) in [6.45, 7) is 3.60. The Morgan fingerprint density at radius 1 is 1.26 bits per heavy atom. The quantitative estimate of drug-likeness (QED) is 0.592. The Bertz CT molecular complexity index is 734. The maximum Gasteiger partial charge on any atom is 0.513 e. The van der Waals surface area contributed by atoms with Crippen LogP contribution >= 0.6 is 0 Å². The number of carbonyl (C=O) groups is 2. The number of benzene rings is 1. The zero-order valence-corrected chi connectivity index (χ0v) is 13.1. The molecule has 2 aromatic rings. The summed E-state index contributed by atoms with van der Waals surface area (Å²) in [6.07, 6.45) is 1.14. The summed E-state index contributed by atoms with van der Waals surface area (Å²) < 4.78 is 10.7. The number of aromatic nitrogens is 3. The van der Waals surface area contributed by atoms with Crippen molar-refractivity contribution >= 4 is 23.2 Å². The second-order valence-corrected chi connectivity index (χ2v) is 5.66. The van der Waals surface area contributed by atoms with Gasteiger partial charge in [0.2, 0.25) is 0 Å². The molecule has 3 rings (SSSR count). The van der Waals surface area contributed by atoms with Gasteiger partial charge < -0.3 is 14.4 Å². The average Bonchev–Trinajstić information content (AvgIpc) is 2.98. The van der Waals surface area contributed by atoms with Gasteiger partial charge in [-0.15, -0.1) is 5.10 Å². The van der Waals surface area contributed by atoms with Gasteiger partial charge in [0, 0.05) is 19.2 Å². The lowest BCUT2D eigenvalue weighted by Gasteiger charge is -2.29. The highest BCUT2D eigenvalue weighted by atomic mass is 16.7. The van der Waals surface area contributed by atoms with Crippen molar-refractivity contribution in [2.24, 2.45) is 5.92 Å². The number of methoxy groups -OCH3 is 1. The average molecular weight is 318 g/mol. The van der Waals surface area contributed by atoms with Crippen molar-refractivity contribution in [3.05, 3.63) is 18.2 Å². The number of piperidine rings is 1. The third kappa shape index (κ3) is 3.10. The first-order chi connectivity index (χ1) is 11.1. The molecule has 122 valence electrons. The van der Waals surface area contributed by atoms with Crippen LogP contribution < -0.4 is 4.74 Å². The van der Waals surface area contributed by atoms with Crippen LogP contribution in [-0.2, 0) is 4.74 Å². The summed E-state index contributed by atoms with van der Waals surface area (Å²) in [4.78, 5) is 25.6. The van der Waals surface area contributed by atoms with Crippen LogP contribution in [0.1, 0.15) is 19.8 Å². The molecule has 0 radical (unpaired) electrons. The molecule has 0 bridgehead atoms. The van der Waals surface area contributed by atoms with Crippen molar-refractivity contribution in [1.82, 2.24) is 19.9 Å². The molecule has 1 aliphatic rings. The number of hydrogen-bond acceptors (Lipinski definition) is 6. The molecule has 1 saturated heterocycles. The summed E-state index contributed by atoms with van der Waals surface area (Å²) in [7, 11) is 1.23. The standard InChI is InChI=1S/C15H18N4O4/c1-10-5-7-18(8-6-10)14(20)19-13-9-11(23-15(21)22-2)3-4-12(13)16-17-19/h3-4,9-10H,5-8H2,1-2H3.